The van der Waals surface area contributed by atoms with Gasteiger partial charge in [0, 0.05) is 18.2 Å². The van der Waals surface area contributed by atoms with Gasteiger partial charge in [0.05, 0.1) is 12.3 Å². The van der Waals surface area contributed by atoms with Crippen molar-refractivity contribution in [2.45, 2.75) is 32.1 Å². The topological polar surface area (TPSA) is 95.9 Å². The summed E-state index contributed by atoms with van der Waals surface area (Å²) in [5.74, 6) is 0.666. The average Bonchev–Trinajstić information content (AvgIpc) is 2.75. The molecule has 0 radical (unpaired) electrons. The first-order valence-corrected chi connectivity index (χ1v) is 7.04. The van der Waals surface area contributed by atoms with Crippen molar-refractivity contribution in [3.63, 3.8) is 0 Å². The van der Waals surface area contributed by atoms with Gasteiger partial charge >= 0.3 is 5.97 Å². The van der Waals surface area contributed by atoms with Crippen LogP contribution in [0, 0.1) is 0 Å². The fourth-order valence-corrected chi connectivity index (χ4v) is 2.41. The first-order valence-electron chi connectivity index (χ1n) is 7.04. The number of anilines is 1. The van der Waals surface area contributed by atoms with E-state index in [2.05, 4.69) is 15.1 Å². The normalized spacial score (nSPS) is 14.7. The largest absolute Gasteiger partial charge is 0.462 e. The number of aromatic nitrogens is 4. The molecule has 0 amide bonds. The number of ether oxygens (including phenoxy) is 1. The number of nitrogens with two attached hydrogens (primary N) is 1. The summed E-state index contributed by atoms with van der Waals surface area (Å²) in [6.07, 6.45) is 6.21. The SMILES string of the molecule is CCOC(=O)c1c(C2CCC2)nn(-c2ccncn2)c1N. The van der Waals surface area contributed by atoms with E-state index >= 15 is 0 Å². The van der Waals surface area contributed by atoms with Crippen LogP contribution in [-0.4, -0.2) is 32.3 Å². The van der Waals surface area contributed by atoms with Crippen LogP contribution in [0.3, 0.4) is 0 Å². The van der Waals surface area contributed by atoms with Crippen molar-refractivity contribution in [3.8, 4) is 5.82 Å². The maximum absolute atomic E-state index is 12.2. The van der Waals surface area contributed by atoms with Crippen molar-refractivity contribution >= 4 is 11.8 Å². The van der Waals surface area contributed by atoms with E-state index in [1.165, 1.54) is 11.0 Å². The molecule has 7 nitrogen and oxygen atoms in total. The molecule has 1 fully saturated rings. The number of esters is 1. The third-order valence-electron chi connectivity index (χ3n) is 3.70. The number of rotatable bonds is 4. The van der Waals surface area contributed by atoms with Crippen molar-refractivity contribution in [1.29, 1.82) is 0 Å². The van der Waals surface area contributed by atoms with Crippen LogP contribution in [-0.2, 0) is 4.74 Å². The lowest BCUT2D eigenvalue weighted by Gasteiger charge is -2.24. The molecule has 2 N–H and O–H groups in total. The maximum Gasteiger partial charge on any atom is 0.343 e. The predicted molar refractivity (Wildman–Crippen MR) is 76.1 cm³/mol. The van der Waals surface area contributed by atoms with Gasteiger partial charge in [0.25, 0.3) is 0 Å². The van der Waals surface area contributed by atoms with Crippen molar-refractivity contribution in [1.82, 2.24) is 19.7 Å². The molecule has 110 valence electrons. The molecular formula is C14H17N5O2. The summed E-state index contributed by atoms with van der Waals surface area (Å²) >= 11 is 0. The van der Waals surface area contributed by atoms with E-state index in [0.29, 0.717) is 18.0 Å². The fourth-order valence-electron chi connectivity index (χ4n) is 2.41. The average molecular weight is 287 g/mol. The Morgan fingerprint density at radius 2 is 2.33 bits per heavy atom. The monoisotopic (exact) mass is 287 g/mol. The molecule has 0 bridgehead atoms. The zero-order valence-electron chi connectivity index (χ0n) is 11.8. The highest BCUT2D eigenvalue weighted by molar-refractivity contribution is 5.96. The van der Waals surface area contributed by atoms with E-state index in [0.717, 1.165) is 25.0 Å². The molecule has 21 heavy (non-hydrogen) atoms. The van der Waals surface area contributed by atoms with Crippen LogP contribution < -0.4 is 5.73 Å². The molecular weight excluding hydrogens is 270 g/mol. The van der Waals surface area contributed by atoms with Gasteiger partial charge in [-0.05, 0) is 19.8 Å². The Labute approximate surface area is 122 Å². The molecule has 3 rings (SSSR count). The predicted octanol–water partition coefficient (Wildman–Crippen LogP) is 1.69. The van der Waals surface area contributed by atoms with Crippen LogP contribution in [0.2, 0.25) is 0 Å². The molecule has 2 aromatic rings. The van der Waals surface area contributed by atoms with Gasteiger partial charge < -0.3 is 10.5 Å². The Morgan fingerprint density at radius 1 is 1.52 bits per heavy atom. The maximum atomic E-state index is 12.2. The smallest absolute Gasteiger partial charge is 0.343 e. The summed E-state index contributed by atoms with van der Waals surface area (Å²) in [6, 6.07) is 1.70. The summed E-state index contributed by atoms with van der Waals surface area (Å²) in [4.78, 5) is 20.2. The Kier molecular flexibility index (Phi) is 3.55. The molecule has 1 saturated carbocycles. The Hall–Kier alpha value is -2.44. The Balaban J connectivity index is 2.08. The second-order valence-electron chi connectivity index (χ2n) is 4.97. The highest BCUT2D eigenvalue weighted by Crippen LogP contribution is 2.39. The Morgan fingerprint density at radius 3 is 2.90 bits per heavy atom. The van der Waals surface area contributed by atoms with Gasteiger partial charge in [-0.1, -0.05) is 6.42 Å². The molecule has 1 aliphatic rings. The van der Waals surface area contributed by atoms with Gasteiger partial charge in [-0.25, -0.2) is 14.8 Å². The summed E-state index contributed by atoms with van der Waals surface area (Å²) in [7, 11) is 0. The van der Waals surface area contributed by atoms with E-state index in [-0.39, 0.29) is 11.7 Å². The third kappa shape index (κ3) is 2.35. The second kappa shape index (κ2) is 5.51. The molecule has 2 aromatic heterocycles. The van der Waals surface area contributed by atoms with Gasteiger partial charge in [-0.2, -0.15) is 9.78 Å². The van der Waals surface area contributed by atoms with Gasteiger partial charge in [-0.3, -0.25) is 0 Å². The van der Waals surface area contributed by atoms with Gasteiger partial charge in [0.1, 0.15) is 17.7 Å². The van der Waals surface area contributed by atoms with E-state index in [1.54, 1.807) is 19.2 Å². The van der Waals surface area contributed by atoms with Crippen LogP contribution >= 0.6 is 0 Å². The highest BCUT2D eigenvalue weighted by atomic mass is 16.5. The summed E-state index contributed by atoms with van der Waals surface area (Å²) < 4.78 is 6.60. The third-order valence-corrected chi connectivity index (χ3v) is 3.70. The fraction of sp³-hybridized carbons (Fsp3) is 0.429. The molecule has 0 spiro atoms. The number of hydrogen-bond donors (Lipinski definition) is 1. The standard InChI is InChI=1S/C14H17N5O2/c1-2-21-14(20)11-12(9-4-3-5-9)18-19(13(11)15)10-6-7-16-8-17-10/h6-9H,2-5,15H2,1H3. The molecule has 7 heteroatoms. The summed E-state index contributed by atoms with van der Waals surface area (Å²) in [6.45, 7) is 2.08. The minimum absolute atomic E-state index is 0.272. The number of hydrogen-bond acceptors (Lipinski definition) is 6. The zero-order chi connectivity index (χ0) is 14.8. The zero-order valence-corrected chi connectivity index (χ0v) is 11.8. The van der Waals surface area contributed by atoms with Crippen molar-refractivity contribution in [2.24, 2.45) is 0 Å². The number of carbonyl (C=O) groups is 1. The minimum atomic E-state index is -0.419. The highest BCUT2D eigenvalue weighted by Gasteiger charge is 2.32. The van der Waals surface area contributed by atoms with Crippen molar-refractivity contribution in [2.75, 3.05) is 12.3 Å². The van der Waals surface area contributed by atoms with E-state index in [9.17, 15) is 4.79 Å². The van der Waals surface area contributed by atoms with E-state index < -0.39 is 5.97 Å². The molecule has 0 aromatic carbocycles. The number of nitrogens with zero attached hydrogens (tertiary/aromatic N) is 4. The number of nitrogen functional groups attached to an aromatic ring is 1. The second-order valence-corrected chi connectivity index (χ2v) is 4.97. The first-order chi connectivity index (χ1) is 10.2. The van der Waals surface area contributed by atoms with Crippen LogP contribution in [0.1, 0.15) is 48.2 Å². The molecule has 0 aliphatic heterocycles. The Bertz CT molecular complexity index is 649. The molecule has 0 unspecified atom stereocenters. The van der Waals surface area contributed by atoms with Crippen LogP contribution in [0.15, 0.2) is 18.6 Å². The molecule has 2 heterocycles. The lowest BCUT2D eigenvalue weighted by molar-refractivity contribution is 0.0525. The van der Waals surface area contributed by atoms with Gasteiger partial charge in [0.15, 0.2) is 5.82 Å². The lowest BCUT2D eigenvalue weighted by Crippen LogP contribution is -2.15. The van der Waals surface area contributed by atoms with Crippen LogP contribution in [0.5, 0.6) is 0 Å². The van der Waals surface area contributed by atoms with Crippen LogP contribution in [0.25, 0.3) is 5.82 Å². The van der Waals surface area contributed by atoms with Crippen molar-refractivity contribution in [3.05, 3.63) is 29.8 Å². The molecule has 0 atom stereocenters. The summed E-state index contributed by atoms with van der Waals surface area (Å²) in [5, 5.41) is 4.51. The van der Waals surface area contributed by atoms with Crippen LogP contribution in [0.4, 0.5) is 5.82 Å². The van der Waals surface area contributed by atoms with Crippen molar-refractivity contribution < 1.29 is 9.53 Å². The first kappa shape index (κ1) is 13.5. The minimum Gasteiger partial charge on any atom is -0.462 e. The molecule has 1 aliphatic carbocycles. The van der Waals surface area contributed by atoms with E-state index in [4.69, 9.17) is 10.5 Å². The van der Waals surface area contributed by atoms with Gasteiger partial charge in [-0.15, -0.1) is 0 Å². The number of carbonyl (C=O) groups excluding carboxylic acids is 1. The molecule has 0 saturated heterocycles. The quantitative estimate of drug-likeness (QED) is 0.860. The summed E-state index contributed by atoms with van der Waals surface area (Å²) in [5.41, 5.74) is 7.22. The van der Waals surface area contributed by atoms with E-state index in [1.807, 2.05) is 0 Å². The lowest BCUT2D eigenvalue weighted by atomic mass is 9.81. The van der Waals surface area contributed by atoms with Gasteiger partial charge in [0.2, 0.25) is 0 Å².